The van der Waals surface area contributed by atoms with E-state index in [0.717, 1.165) is 12.0 Å². The normalized spacial score (nSPS) is 10.3. The summed E-state index contributed by atoms with van der Waals surface area (Å²) in [6.07, 6.45) is 3.85. The summed E-state index contributed by atoms with van der Waals surface area (Å²) in [5.74, 6) is 0.351. The van der Waals surface area contributed by atoms with Gasteiger partial charge in [-0.15, -0.1) is 0 Å². The number of para-hydroxylation sites is 1. The van der Waals surface area contributed by atoms with Crippen LogP contribution < -0.4 is 25.6 Å². The third kappa shape index (κ3) is 7.63. The third-order valence-electron chi connectivity index (χ3n) is 3.81. The molecule has 2 aromatic carbocycles. The Kier molecular flexibility index (Phi) is 8.65. The average Bonchev–Trinajstić information content (AvgIpc) is 2.75. The van der Waals surface area contributed by atoms with Crippen LogP contribution in [-0.2, 0) is 16.0 Å². The van der Waals surface area contributed by atoms with Crippen LogP contribution in [0.25, 0.3) is 6.08 Å². The number of hydrogen-bond donors (Lipinski definition) is 3. The molecule has 0 saturated heterocycles. The van der Waals surface area contributed by atoms with Gasteiger partial charge in [0.1, 0.15) is 11.5 Å². The van der Waals surface area contributed by atoms with Gasteiger partial charge >= 0.3 is 0 Å². The Morgan fingerprint density at radius 2 is 1.79 bits per heavy atom. The van der Waals surface area contributed by atoms with E-state index in [4.69, 9.17) is 21.7 Å². The fourth-order valence-electron chi connectivity index (χ4n) is 2.29. The molecule has 0 aliphatic carbocycles. The Morgan fingerprint density at radius 1 is 1.07 bits per heavy atom. The molecule has 0 atom stereocenters. The van der Waals surface area contributed by atoms with Gasteiger partial charge in [0.05, 0.1) is 7.11 Å². The molecule has 0 fully saturated rings. The summed E-state index contributed by atoms with van der Waals surface area (Å²) in [4.78, 5) is 23.7. The lowest BCUT2D eigenvalue weighted by atomic mass is 10.2. The summed E-state index contributed by atoms with van der Waals surface area (Å²) in [6.45, 7) is 1.87. The minimum Gasteiger partial charge on any atom is -0.496 e. The molecule has 0 radical (unpaired) electrons. The molecule has 8 heteroatoms. The monoisotopic (exact) mass is 413 g/mol. The quantitative estimate of drug-likeness (QED) is 0.367. The third-order valence-corrected chi connectivity index (χ3v) is 4.01. The second-order valence-electron chi connectivity index (χ2n) is 5.85. The van der Waals surface area contributed by atoms with E-state index in [9.17, 15) is 9.59 Å². The average molecular weight is 413 g/mol. The van der Waals surface area contributed by atoms with Crippen LogP contribution in [0.4, 0.5) is 0 Å². The fraction of sp³-hybridized carbons (Fsp3) is 0.190. The first kappa shape index (κ1) is 21.9. The zero-order chi connectivity index (χ0) is 21.1. The van der Waals surface area contributed by atoms with E-state index in [1.54, 1.807) is 31.4 Å². The van der Waals surface area contributed by atoms with E-state index in [-0.39, 0.29) is 11.7 Å². The van der Waals surface area contributed by atoms with Crippen molar-refractivity contribution in [2.45, 2.75) is 13.3 Å². The zero-order valence-corrected chi connectivity index (χ0v) is 17.0. The standard InChI is InChI=1S/C21H23N3O4S/c1-3-15-8-11-17(12-9-15)28-14-20(26)23-24-21(29)22-19(25)13-10-16-6-4-5-7-18(16)27-2/h4-13H,3,14H2,1-2H3,(H,23,26)(H2,22,24,25,29)/b13-10+. The lowest BCUT2D eigenvalue weighted by Crippen LogP contribution is -2.49. The Balaban J connectivity index is 1.71. The smallest absolute Gasteiger partial charge is 0.276 e. The Morgan fingerprint density at radius 3 is 2.48 bits per heavy atom. The van der Waals surface area contributed by atoms with Gasteiger partial charge in [-0.05, 0) is 48.5 Å². The number of carbonyl (C=O) groups is 2. The first-order valence-electron chi connectivity index (χ1n) is 8.94. The molecule has 7 nitrogen and oxygen atoms in total. The van der Waals surface area contributed by atoms with E-state index in [1.165, 1.54) is 11.6 Å². The van der Waals surface area contributed by atoms with Crippen LogP contribution in [0.2, 0.25) is 0 Å². The number of methoxy groups -OCH3 is 1. The van der Waals surface area contributed by atoms with Gasteiger partial charge in [0.25, 0.3) is 5.91 Å². The molecule has 0 aliphatic heterocycles. The van der Waals surface area contributed by atoms with Gasteiger partial charge in [0.15, 0.2) is 11.7 Å². The molecule has 2 rings (SSSR count). The summed E-state index contributed by atoms with van der Waals surface area (Å²) in [5, 5.41) is 2.39. The minimum absolute atomic E-state index is 0.0414. The number of nitrogens with one attached hydrogen (secondary N) is 3. The molecular formula is C21H23N3O4S. The van der Waals surface area contributed by atoms with Crippen LogP contribution in [0, 0.1) is 0 Å². The second kappa shape index (κ2) is 11.5. The first-order chi connectivity index (χ1) is 14.0. The number of hydrogen-bond acceptors (Lipinski definition) is 5. The molecule has 2 amide bonds. The summed E-state index contributed by atoms with van der Waals surface area (Å²) in [6, 6.07) is 14.8. The topological polar surface area (TPSA) is 88.7 Å². The van der Waals surface area contributed by atoms with Crippen LogP contribution in [0.15, 0.2) is 54.6 Å². The van der Waals surface area contributed by atoms with Gasteiger partial charge in [-0.3, -0.25) is 25.8 Å². The molecule has 152 valence electrons. The molecule has 0 heterocycles. The predicted octanol–water partition coefficient (Wildman–Crippen LogP) is 2.37. The van der Waals surface area contributed by atoms with Crippen LogP contribution in [0.3, 0.4) is 0 Å². The number of benzene rings is 2. The van der Waals surface area contributed by atoms with Gasteiger partial charge in [-0.25, -0.2) is 0 Å². The van der Waals surface area contributed by atoms with Crippen LogP contribution in [-0.4, -0.2) is 30.6 Å². The van der Waals surface area contributed by atoms with Crippen molar-refractivity contribution in [2.24, 2.45) is 0 Å². The molecule has 2 aromatic rings. The van der Waals surface area contributed by atoms with E-state index < -0.39 is 11.8 Å². The van der Waals surface area contributed by atoms with Crippen LogP contribution >= 0.6 is 12.2 Å². The number of hydrazine groups is 1. The van der Waals surface area contributed by atoms with Crippen molar-refractivity contribution >= 4 is 35.2 Å². The van der Waals surface area contributed by atoms with Gasteiger partial charge in [0, 0.05) is 11.6 Å². The number of aryl methyl sites for hydroxylation is 1. The fourth-order valence-corrected chi connectivity index (χ4v) is 2.44. The molecule has 0 unspecified atom stereocenters. The first-order valence-corrected chi connectivity index (χ1v) is 9.35. The summed E-state index contributed by atoms with van der Waals surface area (Å²) in [7, 11) is 1.55. The molecule has 0 spiro atoms. The largest absolute Gasteiger partial charge is 0.496 e. The molecule has 0 aliphatic rings. The van der Waals surface area contributed by atoms with Crippen molar-refractivity contribution in [3.05, 3.63) is 65.7 Å². The van der Waals surface area contributed by atoms with Gasteiger partial charge in [-0.1, -0.05) is 37.3 Å². The van der Waals surface area contributed by atoms with Crippen molar-refractivity contribution in [1.29, 1.82) is 0 Å². The molecule has 0 bridgehead atoms. The SMILES string of the molecule is CCc1ccc(OCC(=O)NNC(=S)NC(=O)/C=C/c2ccccc2OC)cc1. The number of rotatable bonds is 7. The van der Waals surface area contributed by atoms with Gasteiger partial charge in [-0.2, -0.15) is 0 Å². The highest BCUT2D eigenvalue weighted by molar-refractivity contribution is 7.80. The Hall–Kier alpha value is -3.39. The van der Waals surface area contributed by atoms with E-state index in [0.29, 0.717) is 11.5 Å². The Bertz CT molecular complexity index is 882. The zero-order valence-electron chi connectivity index (χ0n) is 16.2. The summed E-state index contributed by atoms with van der Waals surface area (Å²) in [5.41, 5.74) is 6.74. The Labute approximate surface area is 175 Å². The number of thiocarbonyl (C=S) groups is 1. The van der Waals surface area contributed by atoms with Crippen molar-refractivity contribution in [3.8, 4) is 11.5 Å². The molecule has 3 N–H and O–H groups in total. The van der Waals surface area contributed by atoms with E-state index in [1.807, 2.05) is 30.3 Å². The molecular weight excluding hydrogens is 390 g/mol. The lowest BCUT2D eigenvalue weighted by Gasteiger charge is -2.11. The van der Waals surface area contributed by atoms with Gasteiger partial charge in [0.2, 0.25) is 5.91 Å². The predicted molar refractivity (Wildman–Crippen MR) is 115 cm³/mol. The lowest BCUT2D eigenvalue weighted by molar-refractivity contribution is -0.123. The van der Waals surface area contributed by atoms with Crippen molar-refractivity contribution < 1.29 is 19.1 Å². The summed E-state index contributed by atoms with van der Waals surface area (Å²) >= 11 is 4.98. The molecule has 29 heavy (non-hydrogen) atoms. The number of amides is 2. The second-order valence-corrected chi connectivity index (χ2v) is 6.26. The van der Waals surface area contributed by atoms with E-state index >= 15 is 0 Å². The maximum Gasteiger partial charge on any atom is 0.276 e. The number of ether oxygens (including phenoxy) is 2. The molecule has 0 aromatic heterocycles. The molecule has 0 saturated carbocycles. The van der Waals surface area contributed by atoms with Gasteiger partial charge < -0.3 is 9.47 Å². The maximum absolute atomic E-state index is 11.9. The summed E-state index contributed by atoms with van der Waals surface area (Å²) < 4.78 is 10.6. The van der Waals surface area contributed by atoms with Crippen LogP contribution in [0.1, 0.15) is 18.1 Å². The number of carbonyl (C=O) groups excluding carboxylic acids is 2. The van der Waals surface area contributed by atoms with Crippen molar-refractivity contribution in [3.63, 3.8) is 0 Å². The highest BCUT2D eigenvalue weighted by Crippen LogP contribution is 2.18. The van der Waals surface area contributed by atoms with Crippen molar-refractivity contribution in [1.82, 2.24) is 16.2 Å². The highest BCUT2D eigenvalue weighted by atomic mass is 32.1. The van der Waals surface area contributed by atoms with Crippen LogP contribution in [0.5, 0.6) is 11.5 Å². The minimum atomic E-state index is -0.449. The highest BCUT2D eigenvalue weighted by Gasteiger charge is 2.06. The van der Waals surface area contributed by atoms with Crippen molar-refractivity contribution in [2.75, 3.05) is 13.7 Å². The van der Waals surface area contributed by atoms with E-state index in [2.05, 4.69) is 23.1 Å². The maximum atomic E-state index is 11.9.